The fraction of sp³-hybridized carbons (Fsp3) is 0.350. The van der Waals surface area contributed by atoms with Gasteiger partial charge in [-0.25, -0.2) is 8.42 Å². The molecule has 0 unspecified atom stereocenters. The van der Waals surface area contributed by atoms with E-state index in [0.29, 0.717) is 11.4 Å². The van der Waals surface area contributed by atoms with Crippen LogP contribution < -0.4 is 14.4 Å². The molecule has 7 heteroatoms. The SMILES string of the molecule is COc1ccc(C)cc1N([C@H](C)C(=O)N[C@@H](C)c1ccccc1)S(C)(=O)=O. The van der Waals surface area contributed by atoms with E-state index < -0.39 is 16.1 Å². The van der Waals surface area contributed by atoms with Gasteiger partial charge in [0.2, 0.25) is 15.9 Å². The number of rotatable bonds is 7. The van der Waals surface area contributed by atoms with Gasteiger partial charge in [-0.1, -0.05) is 36.4 Å². The lowest BCUT2D eigenvalue weighted by Gasteiger charge is -2.30. The van der Waals surface area contributed by atoms with Crippen LogP contribution in [0.1, 0.15) is 31.0 Å². The highest BCUT2D eigenvalue weighted by Crippen LogP contribution is 2.32. The van der Waals surface area contributed by atoms with Gasteiger partial charge in [0.1, 0.15) is 11.8 Å². The third-order valence-corrected chi connectivity index (χ3v) is 5.55. The molecule has 0 fully saturated rings. The zero-order valence-corrected chi connectivity index (χ0v) is 17.1. The lowest BCUT2D eigenvalue weighted by Crippen LogP contribution is -2.48. The number of sulfonamides is 1. The van der Waals surface area contributed by atoms with Crippen LogP contribution in [-0.4, -0.2) is 33.7 Å². The number of benzene rings is 2. The van der Waals surface area contributed by atoms with Crippen molar-refractivity contribution < 1.29 is 17.9 Å². The molecular weight excluding hydrogens is 364 g/mol. The zero-order valence-electron chi connectivity index (χ0n) is 16.3. The average molecular weight is 391 g/mol. The van der Waals surface area contributed by atoms with E-state index in [2.05, 4.69) is 5.32 Å². The molecule has 146 valence electrons. The van der Waals surface area contributed by atoms with Crippen LogP contribution in [0.15, 0.2) is 48.5 Å². The summed E-state index contributed by atoms with van der Waals surface area (Å²) in [4.78, 5) is 12.8. The molecule has 2 atom stereocenters. The Kier molecular flexibility index (Phi) is 6.49. The number of anilines is 1. The molecule has 0 aliphatic rings. The molecule has 2 rings (SSSR count). The second-order valence-electron chi connectivity index (χ2n) is 6.55. The highest BCUT2D eigenvalue weighted by Gasteiger charge is 2.32. The molecular formula is C20H26N2O4S. The maximum absolute atomic E-state index is 12.8. The maximum atomic E-state index is 12.8. The first-order chi connectivity index (χ1) is 12.6. The van der Waals surface area contributed by atoms with E-state index in [9.17, 15) is 13.2 Å². The molecule has 0 bridgehead atoms. The second kappa shape index (κ2) is 8.43. The molecule has 0 saturated heterocycles. The number of aryl methyl sites for hydroxylation is 1. The van der Waals surface area contributed by atoms with Gasteiger partial charge in [0, 0.05) is 0 Å². The Bertz CT molecular complexity index is 897. The van der Waals surface area contributed by atoms with Crippen LogP contribution in [0.4, 0.5) is 5.69 Å². The van der Waals surface area contributed by atoms with E-state index in [-0.39, 0.29) is 11.9 Å². The Morgan fingerprint density at radius 2 is 1.74 bits per heavy atom. The van der Waals surface area contributed by atoms with Gasteiger partial charge in [-0.15, -0.1) is 0 Å². The minimum absolute atomic E-state index is 0.248. The number of hydrogen-bond acceptors (Lipinski definition) is 4. The molecule has 6 nitrogen and oxygen atoms in total. The van der Waals surface area contributed by atoms with Gasteiger partial charge >= 0.3 is 0 Å². The molecule has 0 radical (unpaired) electrons. The second-order valence-corrected chi connectivity index (χ2v) is 8.41. The van der Waals surface area contributed by atoms with Gasteiger partial charge in [0.05, 0.1) is 25.1 Å². The number of carbonyl (C=O) groups is 1. The van der Waals surface area contributed by atoms with E-state index >= 15 is 0 Å². The summed E-state index contributed by atoms with van der Waals surface area (Å²) in [6, 6.07) is 13.5. The lowest BCUT2D eigenvalue weighted by molar-refractivity contribution is -0.122. The maximum Gasteiger partial charge on any atom is 0.244 e. The first-order valence-electron chi connectivity index (χ1n) is 8.64. The summed E-state index contributed by atoms with van der Waals surface area (Å²) in [5.41, 5.74) is 2.15. The van der Waals surface area contributed by atoms with Crippen molar-refractivity contribution in [2.75, 3.05) is 17.7 Å². The van der Waals surface area contributed by atoms with Crippen molar-refractivity contribution in [2.24, 2.45) is 0 Å². The fourth-order valence-electron chi connectivity index (χ4n) is 2.91. The number of methoxy groups -OCH3 is 1. The first-order valence-corrected chi connectivity index (χ1v) is 10.5. The van der Waals surface area contributed by atoms with Crippen LogP contribution in [0.25, 0.3) is 0 Å². The monoisotopic (exact) mass is 390 g/mol. The highest BCUT2D eigenvalue weighted by molar-refractivity contribution is 7.92. The molecule has 27 heavy (non-hydrogen) atoms. The topological polar surface area (TPSA) is 75.7 Å². The molecule has 2 aromatic rings. The third kappa shape index (κ3) is 5.01. The molecule has 0 spiro atoms. The predicted octanol–water partition coefficient (Wildman–Crippen LogP) is 3.04. The quantitative estimate of drug-likeness (QED) is 0.788. The van der Waals surface area contributed by atoms with Crippen molar-refractivity contribution in [3.05, 3.63) is 59.7 Å². The Morgan fingerprint density at radius 1 is 1.11 bits per heavy atom. The van der Waals surface area contributed by atoms with Crippen molar-refractivity contribution in [3.63, 3.8) is 0 Å². The van der Waals surface area contributed by atoms with Gasteiger partial charge in [0.25, 0.3) is 0 Å². The molecule has 0 aromatic heterocycles. The molecule has 1 N–H and O–H groups in total. The zero-order chi connectivity index (χ0) is 20.2. The fourth-order valence-corrected chi connectivity index (χ4v) is 4.08. The molecule has 0 aliphatic heterocycles. The number of nitrogens with one attached hydrogen (secondary N) is 1. The van der Waals surface area contributed by atoms with Crippen molar-refractivity contribution in [1.82, 2.24) is 5.32 Å². The average Bonchev–Trinajstić information content (AvgIpc) is 2.61. The van der Waals surface area contributed by atoms with E-state index in [4.69, 9.17) is 4.74 Å². The normalized spacial score (nSPS) is 13.5. The van der Waals surface area contributed by atoms with Crippen LogP contribution >= 0.6 is 0 Å². The summed E-state index contributed by atoms with van der Waals surface area (Å²) in [6.07, 6.45) is 1.08. The minimum Gasteiger partial charge on any atom is -0.495 e. The molecule has 2 aromatic carbocycles. The Balaban J connectivity index is 2.35. The van der Waals surface area contributed by atoms with Crippen molar-refractivity contribution in [2.45, 2.75) is 32.9 Å². The van der Waals surface area contributed by atoms with Crippen LogP contribution in [0.3, 0.4) is 0 Å². The predicted molar refractivity (Wildman–Crippen MR) is 108 cm³/mol. The first kappa shape index (κ1) is 20.8. The Labute approximate surface area is 161 Å². The van der Waals surface area contributed by atoms with E-state index in [0.717, 1.165) is 21.7 Å². The largest absolute Gasteiger partial charge is 0.495 e. The summed E-state index contributed by atoms with van der Waals surface area (Å²) in [7, 11) is -2.25. The lowest BCUT2D eigenvalue weighted by atomic mass is 10.1. The minimum atomic E-state index is -3.72. The van der Waals surface area contributed by atoms with E-state index in [1.54, 1.807) is 19.1 Å². The van der Waals surface area contributed by atoms with Gasteiger partial charge in [0.15, 0.2) is 0 Å². The third-order valence-electron chi connectivity index (χ3n) is 4.32. The summed E-state index contributed by atoms with van der Waals surface area (Å²) in [6.45, 7) is 5.28. The van der Waals surface area contributed by atoms with Crippen LogP contribution in [0.5, 0.6) is 5.75 Å². The van der Waals surface area contributed by atoms with Gasteiger partial charge < -0.3 is 10.1 Å². The number of nitrogens with zero attached hydrogens (tertiary/aromatic N) is 1. The summed E-state index contributed by atoms with van der Waals surface area (Å²) in [5, 5.41) is 2.88. The smallest absolute Gasteiger partial charge is 0.244 e. The number of ether oxygens (including phenoxy) is 1. The van der Waals surface area contributed by atoms with Crippen LogP contribution in [0.2, 0.25) is 0 Å². The van der Waals surface area contributed by atoms with Gasteiger partial charge in [-0.3, -0.25) is 9.10 Å². The van der Waals surface area contributed by atoms with Crippen LogP contribution in [0, 0.1) is 6.92 Å². The van der Waals surface area contributed by atoms with Crippen molar-refractivity contribution in [3.8, 4) is 5.75 Å². The summed E-state index contributed by atoms with van der Waals surface area (Å²) in [5.74, 6) is 0.00196. The molecule has 0 heterocycles. The van der Waals surface area contributed by atoms with Gasteiger partial charge in [-0.05, 0) is 44.0 Å². The standard InChI is InChI=1S/C20H26N2O4S/c1-14-11-12-19(26-4)18(13-14)22(27(5,24)25)16(3)20(23)21-15(2)17-9-7-6-8-10-17/h6-13,15-16H,1-5H3,(H,21,23)/t15-,16+/m0/s1. The van der Waals surface area contributed by atoms with E-state index in [1.807, 2.05) is 50.2 Å². The van der Waals surface area contributed by atoms with Crippen LogP contribution in [-0.2, 0) is 14.8 Å². The number of hydrogen-bond donors (Lipinski definition) is 1. The molecule has 0 saturated carbocycles. The van der Waals surface area contributed by atoms with Gasteiger partial charge in [-0.2, -0.15) is 0 Å². The summed E-state index contributed by atoms with van der Waals surface area (Å²) >= 11 is 0. The molecule has 0 aliphatic carbocycles. The number of amides is 1. The Hall–Kier alpha value is -2.54. The summed E-state index contributed by atoms with van der Waals surface area (Å²) < 4.78 is 31.4. The Morgan fingerprint density at radius 3 is 2.30 bits per heavy atom. The molecule has 1 amide bonds. The number of carbonyl (C=O) groups excluding carboxylic acids is 1. The van der Waals surface area contributed by atoms with Crippen molar-refractivity contribution >= 4 is 21.6 Å². The van der Waals surface area contributed by atoms with Crippen molar-refractivity contribution in [1.29, 1.82) is 0 Å². The van der Waals surface area contributed by atoms with E-state index in [1.165, 1.54) is 7.11 Å². The highest BCUT2D eigenvalue weighted by atomic mass is 32.2.